The molecule has 0 spiro atoms. The van der Waals surface area contributed by atoms with Gasteiger partial charge in [0.15, 0.2) is 0 Å². The second-order valence-corrected chi connectivity index (χ2v) is 6.15. The first kappa shape index (κ1) is 14.0. The molecule has 0 unspecified atom stereocenters. The molecule has 0 aromatic carbocycles. The summed E-state index contributed by atoms with van der Waals surface area (Å²) in [6.45, 7) is 0. The Morgan fingerprint density at radius 2 is 2.04 bits per heavy atom. The monoisotopic (exact) mass is 332 g/mol. The highest BCUT2D eigenvalue weighted by atomic mass is 16.5. The van der Waals surface area contributed by atoms with E-state index in [-0.39, 0.29) is 0 Å². The summed E-state index contributed by atoms with van der Waals surface area (Å²) < 4.78 is 9.23. The molecule has 0 aliphatic heterocycles. The Morgan fingerprint density at radius 3 is 2.88 bits per heavy atom. The van der Waals surface area contributed by atoms with Gasteiger partial charge in [0.1, 0.15) is 11.2 Å². The fraction of sp³-hybridized carbons (Fsp3) is 0.167. The van der Waals surface area contributed by atoms with Crippen molar-refractivity contribution in [3.8, 4) is 17.1 Å². The van der Waals surface area contributed by atoms with Gasteiger partial charge in [-0.1, -0.05) is 0 Å². The molecular formula is C18H16N6O. The van der Waals surface area contributed by atoms with Crippen LogP contribution >= 0.6 is 0 Å². The number of H-pyrrole nitrogens is 1. The van der Waals surface area contributed by atoms with Crippen molar-refractivity contribution < 1.29 is 4.74 Å². The summed E-state index contributed by atoms with van der Waals surface area (Å²) in [4.78, 5) is 12.6. The molecule has 0 fully saturated rings. The van der Waals surface area contributed by atoms with Crippen molar-refractivity contribution in [2.45, 2.75) is 0 Å². The van der Waals surface area contributed by atoms with Gasteiger partial charge in [0.25, 0.3) is 0 Å². The lowest BCUT2D eigenvalue weighted by atomic mass is 10.2. The molecular weight excluding hydrogens is 316 g/mol. The van der Waals surface area contributed by atoms with Gasteiger partial charge in [-0.05, 0) is 12.1 Å². The number of aryl methyl sites for hydroxylation is 2. The van der Waals surface area contributed by atoms with Gasteiger partial charge in [-0.15, -0.1) is 0 Å². The van der Waals surface area contributed by atoms with Crippen LogP contribution in [0.3, 0.4) is 0 Å². The van der Waals surface area contributed by atoms with Crippen molar-refractivity contribution in [2.75, 3.05) is 7.11 Å². The third kappa shape index (κ3) is 1.89. The lowest BCUT2D eigenvalue weighted by molar-refractivity contribution is 0.399. The van der Waals surface area contributed by atoms with Crippen molar-refractivity contribution in [3.63, 3.8) is 0 Å². The quantitative estimate of drug-likeness (QED) is 0.539. The minimum Gasteiger partial charge on any atom is -0.481 e. The van der Waals surface area contributed by atoms with Gasteiger partial charge < -0.3 is 14.3 Å². The molecule has 0 amide bonds. The first-order valence-corrected chi connectivity index (χ1v) is 7.95. The lowest BCUT2D eigenvalue weighted by Gasteiger charge is -2.00. The number of nitrogens with one attached hydrogen (secondary N) is 1. The van der Waals surface area contributed by atoms with Crippen molar-refractivity contribution in [1.29, 1.82) is 0 Å². The zero-order valence-corrected chi connectivity index (χ0v) is 14.1. The van der Waals surface area contributed by atoms with Gasteiger partial charge in [-0.2, -0.15) is 5.10 Å². The van der Waals surface area contributed by atoms with Gasteiger partial charge >= 0.3 is 0 Å². The second-order valence-electron chi connectivity index (χ2n) is 6.15. The molecule has 0 saturated carbocycles. The maximum Gasteiger partial charge on any atom is 0.213 e. The average molecular weight is 332 g/mol. The summed E-state index contributed by atoms with van der Waals surface area (Å²) in [5.41, 5.74) is 5.85. The predicted molar refractivity (Wildman–Crippen MR) is 96.6 cm³/mol. The molecule has 5 aromatic rings. The summed E-state index contributed by atoms with van der Waals surface area (Å²) >= 11 is 0. The van der Waals surface area contributed by atoms with Gasteiger partial charge in [0, 0.05) is 48.9 Å². The number of aromatic nitrogens is 6. The smallest absolute Gasteiger partial charge is 0.213 e. The highest BCUT2D eigenvalue weighted by Crippen LogP contribution is 2.33. The molecule has 0 atom stereocenters. The molecule has 5 aromatic heterocycles. The Kier molecular flexibility index (Phi) is 2.71. The minimum atomic E-state index is 0.600. The maximum absolute atomic E-state index is 5.29. The first-order valence-electron chi connectivity index (χ1n) is 7.95. The summed E-state index contributed by atoms with van der Waals surface area (Å²) in [5.74, 6) is 0.600. The molecule has 0 aliphatic carbocycles. The summed E-state index contributed by atoms with van der Waals surface area (Å²) in [5, 5.41) is 6.41. The van der Waals surface area contributed by atoms with E-state index in [1.54, 1.807) is 7.11 Å². The van der Waals surface area contributed by atoms with Gasteiger partial charge in [-0.3, -0.25) is 4.68 Å². The molecule has 7 heteroatoms. The van der Waals surface area contributed by atoms with E-state index in [0.717, 1.165) is 44.2 Å². The predicted octanol–water partition coefficient (Wildman–Crippen LogP) is 3.01. The summed E-state index contributed by atoms with van der Waals surface area (Å²) in [6, 6.07) is 6.01. The van der Waals surface area contributed by atoms with Crippen LogP contribution in [-0.4, -0.2) is 36.4 Å². The van der Waals surface area contributed by atoms with E-state index in [1.807, 2.05) is 43.3 Å². The molecule has 5 heterocycles. The van der Waals surface area contributed by atoms with Crippen LogP contribution in [-0.2, 0) is 14.1 Å². The van der Waals surface area contributed by atoms with Crippen LogP contribution in [0.15, 0.2) is 36.8 Å². The number of nitrogens with zero attached hydrogens (tertiary/aromatic N) is 5. The number of aromatic amines is 1. The van der Waals surface area contributed by atoms with Crippen LogP contribution in [0.25, 0.3) is 44.2 Å². The minimum absolute atomic E-state index is 0.600. The number of fused-ring (bicyclic) bond motifs is 4. The molecule has 25 heavy (non-hydrogen) atoms. The number of rotatable bonds is 2. The van der Waals surface area contributed by atoms with Crippen molar-refractivity contribution in [3.05, 3.63) is 36.8 Å². The van der Waals surface area contributed by atoms with Crippen LogP contribution < -0.4 is 4.74 Å². The Bertz CT molecular complexity index is 1260. The molecule has 124 valence electrons. The number of hydrogen-bond acceptors (Lipinski definition) is 4. The van der Waals surface area contributed by atoms with E-state index in [9.17, 15) is 0 Å². The molecule has 0 saturated heterocycles. The van der Waals surface area contributed by atoms with Crippen LogP contribution in [0.1, 0.15) is 0 Å². The van der Waals surface area contributed by atoms with Gasteiger partial charge in [-0.25, -0.2) is 9.97 Å². The fourth-order valence-electron chi connectivity index (χ4n) is 3.44. The normalized spacial score (nSPS) is 11.8. The van der Waals surface area contributed by atoms with Crippen LogP contribution in [0.4, 0.5) is 0 Å². The molecule has 0 radical (unpaired) electrons. The largest absolute Gasteiger partial charge is 0.481 e. The maximum atomic E-state index is 5.29. The van der Waals surface area contributed by atoms with E-state index >= 15 is 0 Å². The number of hydrogen-bond donors (Lipinski definition) is 1. The van der Waals surface area contributed by atoms with Gasteiger partial charge in [0.05, 0.1) is 30.0 Å². The highest BCUT2D eigenvalue weighted by Gasteiger charge is 2.16. The zero-order chi connectivity index (χ0) is 17.1. The van der Waals surface area contributed by atoms with E-state index in [1.165, 1.54) is 0 Å². The van der Waals surface area contributed by atoms with Crippen LogP contribution in [0.5, 0.6) is 5.88 Å². The molecule has 7 nitrogen and oxygen atoms in total. The number of methoxy groups -OCH3 is 1. The molecule has 1 N–H and O–H groups in total. The standard InChI is InChI=1S/C18H16N6O/c1-23-9-12(16-14(23)4-5-15(22-16)25-3)13-6-11-17-10(8-20-24(17)2)7-19-18(11)21-13/h4-9H,1-3H3,(H,19,21). The fourth-order valence-corrected chi connectivity index (χ4v) is 3.44. The number of ether oxygens (including phenoxy) is 1. The number of pyridine rings is 2. The molecule has 0 aliphatic rings. The van der Waals surface area contributed by atoms with Gasteiger partial charge in [0.2, 0.25) is 5.88 Å². The van der Waals surface area contributed by atoms with E-state index < -0.39 is 0 Å². The highest BCUT2D eigenvalue weighted by molar-refractivity contribution is 6.05. The van der Waals surface area contributed by atoms with Crippen molar-refractivity contribution >= 4 is 33.0 Å². The Labute approximate surface area is 142 Å². The molecule has 5 rings (SSSR count). The lowest BCUT2D eigenvalue weighted by Crippen LogP contribution is -1.89. The summed E-state index contributed by atoms with van der Waals surface area (Å²) in [6.07, 6.45) is 5.75. The third-order valence-electron chi connectivity index (χ3n) is 4.66. The van der Waals surface area contributed by atoms with Crippen molar-refractivity contribution in [1.82, 2.24) is 29.3 Å². The summed E-state index contributed by atoms with van der Waals surface area (Å²) in [7, 11) is 5.59. The van der Waals surface area contributed by atoms with Crippen LogP contribution in [0, 0.1) is 0 Å². The SMILES string of the molecule is COc1ccc2c(n1)c(-c1cc3c(ncc4cnn(C)c43)[nH]1)cn2C. The average Bonchev–Trinajstić information content (AvgIpc) is 3.30. The zero-order valence-electron chi connectivity index (χ0n) is 14.1. The Hall–Kier alpha value is -3.35. The van der Waals surface area contributed by atoms with Crippen LogP contribution in [0.2, 0.25) is 0 Å². The van der Waals surface area contributed by atoms with Crippen molar-refractivity contribution in [2.24, 2.45) is 14.1 Å². The van der Waals surface area contributed by atoms with E-state index in [0.29, 0.717) is 5.88 Å². The van der Waals surface area contributed by atoms with E-state index in [2.05, 4.69) is 36.9 Å². The Balaban J connectivity index is 1.82. The second kappa shape index (κ2) is 4.83. The molecule has 0 bridgehead atoms. The third-order valence-corrected chi connectivity index (χ3v) is 4.66. The first-order chi connectivity index (χ1) is 12.2. The Morgan fingerprint density at radius 1 is 1.16 bits per heavy atom. The topological polar surface area (TPSA) is 73.6 Å². The van der Waals surface area contributed by atoms with E-state index in [4.69, 9.17) is 4.74 Å².